The minimum atomic E-state index is -0.138. The van der Waals surface area contributed by atoms with Gasteiger partial charge in [-0.2, -0.15) is 0 Å². The summed E-state index contributed by atoms with van der Waals surface area (Å²) in [5.41, 5.74) is 2.45. The summed E-state index contributed by atoms with van der Waals surface area (Å²) >= 11 is 0. The molecule has 1 saturated heterocycles. The average Bonchev–Trinajstić information content (AvgIpc) is 2.71. The molecule has 1 spiro atoms. The number of ether oxygens (including phenoxy) is 1. The lowest BCUT2D eigenvalue weighted by Crippen LogP contribution is -2.38. The van der Waals surface area contributed by atoms with Crippen molar-refractivity contribution in [3.8, 4) is 0 Å². The van der Waals surface area contributed by atoms with Crippen LogP contribution in [0.4, 0.5) is 4.39 Å². The highest BCUT2D eigenvalue weighted by molar-refractivity contribution is 5.42. The smallest absolute Gasteiger partial charge is 0.123 e. The van der Waals surface area contributed by atoms with Crippen LogP contribution in [0, 0.1) is 5.82 Å². The average molecular weight is 261 g/mol. The largest absolute Gasteiger partial charge is 0.369 e. The van der Waals surface area contributed by atoms with Gasteiger partial charge in [-0.3, -0.25) is 0 Å². The molecule has 3 heteroatoms. The number of piperidine rings is 1. The normalized spacial score (nSPS) is 24.4. The molecule has 102 valence electrons. The third-order valence-electron chi connectivity index (χ3n) is 4.49. The number of hydrogen-bond acceptors (Lipinski definition) is 2. The lowest BCUT2D eigenvalue weighted by Gasteiger charge is -2.35. The Morgan fingerprint density at radius 3 is 2.95 bits per heavy atom. The van der Waals surface area contributed by atoms with Gasteiger partial charge in [0.2, 0.25) is 0 Å². The molecular formula is C16H20FNO. The fourth-order valence-electron chi connectivity index (χ4n) is 3.56. The van der Waals surface area contributed by atoms with Crippen molar-refractivity contribution < 1.29 is 9.13 Å². The lowest BCUT2D eigenvalue weighted by atomic mass is 9.74. The molecule has 1 aromatic rings. The third kappa shape index (κ3) is 2.21. The first-order valence-corrected chi connectivity index (χ1v) is 6.98. The van der Waals surface area contributed by atoms with E-state index in [1.54, 1.807) is 18.2 Å². The van der Waals surface area contributed by atoms with Gasteiger partial charge in [0.25, 0.3) is 0 Å². The number of fused-ring (bicyclic) bond motifs is 2. The van der Waals surface area contributed by atoms with Crippen LogP contribution in [0.2, 0.25) is 0 Å². The Bertz CT molecular complexity index is 480. The number of hydrogen-bond donors (Lipinski definition) is 1. The van der Waals surface area contributed by atoms with Crippen molar-refractivity contribution in [1.29, 1.82) is 0 Å². The standard InChI is InChI=1S/C16H20FNO/c1-2-9-19-15-11-16(5-7-18-8-6-16)14-10-12(17)3-4-13(14)15/h2-4,10,15,18H,1,5-9,11H2. The van der Waals surface area contributed by atoms with E-state index in [2.05, 4.69) is 11.9 Å². The van der Waals surface area contributed by atoms with Gasteiger partial charge >= 0.3 is 0 Å². The number of rotatable bonds is 3. The highest BCUT2D eigenvalue weighted by Gasteiger charge is 2.44. The summed E-state index contributed by atoms with van der Waals surface area (Å²) in [5, 5.41) is 3.39. The van der Waals surface area contributed by atoms with Crippen LogP contribution in [-0.4, -0.2) is 19.7 Å². The zero-order valence-corrected chi connectivity index (χ0v) is 11.1. The van der Waals surface area contributed by atoms with Gasteiger partial charge in [0, 0.05) is 5.41 Å². The second kappa shape index (κ2) is 5.06. The van der Waals surface area contributed by atoms with Crippen LogP contribution in [0.15, 0.2) is 30.9 Å². The molecule has 1 aromatic carbocycles. The van der Waals surface area contributed by atoms with E-state index in [-0.39, 0.29) is 17.3 Å². The van der Waals surface area contributed by atoms with E-state index in [9.17, 15) is 4.39 Å². The minimum absolute atomic E-state index is 0.0895. The van der Waals surface area contributed by atoms with E-state index in [1.807, 2.05) is 6.07 Å². The van der Waals surface area contributed by atoms with Gasteiger partial charge < -0.3 is 10.1 Å². The summed E-state index contributed by atoms with van der Waals surface area (Å²) in [6.45, 7) is 6.26. The van der Waals surface area contributed by atoms with E-state index in [0.717, 1.165) is 32.4 Å². The molecule has 0 bridgehead atoms. The van der Waals surface area contributed by atoms with Crippen LogP contribution in [0.25, 0.3) is 0 Å². The monoisotopic (exact) mass is 261 g/mol. The quantitative estimate of drug-likeness (QED) is 0.844. The van der Waals surface area contributed by atoms with E-state index in [1.165, 1.54) is 11.1 Å². The van der Waals surface area contributed by atoms with Gasteiger partial charge in [-0.05, 0) is 55.6 Å². The maximum atomic E-state index is 13.6. The fourth-order valence-corrected chi connectivity index (χ4v) is 3.56. The van der Waals surface area contributed by atoms with Crippen molar-refractivity contribution in [3.05, 3.63) is 47.8 Å². The molecule has 1 aliphatic carbocycles. The second-order valence-corrected chi connectivity index (χ2v) is 5.58. The van der Waals surface area contributed by atoms with Crippen LogP contribution in [0.1, 0.15) is 36.5 Å². The third-order valence-corrected chi connectivity index (χ3v) is 4.49. The minimum Gasteiger partial charge on any atom is -0.369 e. The fraction of sp³-hybridized carbons (Fsp3) is 0.500. The van der Waals surface area contributed by atoms with Crippen LogP contribution in [0.3, 0.4) is 0 Å². The van der Waals surface area contributed by atoms with Crippen molar-refractivity contribution >= 4 is 0 Å². The Morgan fingerprint density at radius 2 is 2.21 bits per heavy atom. The van der Waals surface area contributed by atoms with Gasteiger partial charge in [0.1, 0.15) is 5.82 Å². The predicted molar refractivity (Wildman–Crippen MR) is 73.7 cm³/mol. The van der Waals surface area contributed by atoms with E-state index >= 15 is 0 Å². The van der Waals surface area contributed by atoms with E-state index in [0.29, 0.717) is 6.61 Å². The lowest BCUT2D eigenvalue weighted by molar-refractivity contribution is 0.0577. The summed E-state index contributed by atoms with van der Waals surface area (Å²) < 4.78 is 19.5. The maximum absolute atomic E-state index is 13.6. The molecule has 0 radical (unpaired) electrons. The Labute approximate surface area is 113 Å². The molecular weight excluding hydrogens is 241 g/mol. The zero-order chi connectivity index (χ0) is 13.3. The molecule has 2 aliphatic rings. The first-order chi connectivity index (χ1) is 9.25. The SMILES string of the molecule is C=CCOC1CC2(CCNCC2)c2cc(F)ccc21. The number of benzene rings is 1. The Hall–Kier alpha value is -1.19. The van der Waals surface area contributed by atoms with Crippen molar-refractivity contribution in [2.75, 3.05) is 19.7 Å². The first-order valence-electron chi connectivity index (χ1n) is 6.98. The van der Waals surface area contributed by atoms with Crippen LogP contribution < -0.4 is 5.32 Å². The van der Waals surface area contributed by atoms with E-state index in [4.69, 9.17) is 4.74 Å². The van der Waals surface area contributed by atoms with Gasteiger partial charge in [-0.1, -0.05) is 12.1 Å². The van der Waals surface area contributed by atoms with Crippen LogP contribution in [-0.2, 0) is 10.2 Å². The topological polar surface area (TPSA) is 21.3 Å². The highest BCUT2D eigenvalue weighted by Crippen LogP contribution is 2.51. The summed E-state index contributed by atoms with van der Waals surface area (Å²) in [4.78, 5) is 0. The number of nitrogens with one attached hydrogen (secondary N) is 1. The summed E-state index contributed by atoms with van der Waals surface area (Å²) in [6, 6.07) is 5.16. The molecule has 2 nitrogen and oxygen atoms in total. The van der Waals surface area contributed by atoms with Crippen LogP contribution in [0.5, 0.6) is 0 Å². The molecule has 0 aromatic heterocycles. The van der Waals surface area contributed by atoms with Gasteiger partial charge in [0.05, 0.1) is 12.7 Å². The Kier molecular flexibility index (Phi) is 3.42. The molecule has 1 unspecified atom stereocenters. The number of halogens is 1. The van der Waals surface area contributed by atoms with Crippen molar-refractivity contribution in [2.24, 2.45) is 0 Å². The zero-order valence-electron chi connectivity index (χ0n) is 11.1. The van der Waals surface area contributed by atoms with E-state index < -0.39 is 0 Å². The van der Waals surface area contributed by atoms with Crippen molar-refractivity contribution in [1.82, 2.24) is 5.32 Å². The summed E-state index contributed by atoms with van der Waals surface area (Å²) in [6.07, 6.45) is 4.97. The van der Waals surface area contributed by atoms with Crippen molar-refractivity contribution in [2.45, 2.75) is 30.8 Å². The molecule has 1 N–H and O–H groups in total. The van der Waals surface area contributed by atoms with Crippen LogP contribution >= 0.6 is 0 Å². The van der Waals surface area contributed by atoms with Gasteiger partial charge in [-0.25, -0.2) is 4.39 Å². The van der Waals surface area contributed by atoms with Gasteiger partial charge in [0.15, 0.2) is 0 Å². The first kappa shape index (κ1) is 12.8. The molecule has 0 saturated carbocycles. The molecule has 1 aliphatic heterocycles. The van der Waals surface area contributed by atoms with Gasteiger partial charge in [-0.15, -0.1) is 6.58 Å². The summed E-state index contributed by atoms with van der Waals surface area (Å²) in [5.74, 6) is -0.138. The molecule has 1 heterocycles. The summed E-state index contributed by atoms with van der Waals surface area (Å²) in [7, 11) is 0. The van der Waals surface area contributed by atoms with Crippen molar-refractivity contribution in [3.63, 3.8) is 0 Å². The Balaban J connectivity index is 1.97. The molecule has 1 fully saturated rings. The second-order valence-electron chi connectivity index (χ2n) is 5.58. The molecule has 1 atom stereocenters. The molecule has 3 rings (SSSR count). The molecule has 19 heavy (non-hydrogen) atoms. The predicted octanol–water partition coefficient (Wildman–Crippen LogP) is 3.09. The highest BCUT2D eigenvalue weighted by atomic mass is 19.1. The molecule has 0 amide bonds. The Morgan fingerprint density at radius 1 is 1.42 bits per heavy atom. The maximum Gasteiger partial charge on any atom is 0.123 e.